The van der Waals surface area contributed by atoms with Crippen molar-refractivity contribution < 1.29 is 4.42 Å². The van der Waals surface area contributed by atoms with E-state index in [9.17, 15) is 0 Å². The number of hydrogen-bond donors (Lipinski definition) is 0. The van der Waals surface area contributed by atoms with Crippen molar-refractivity contribution in [3.8, 4) is 16.8 Å². The average molecular weight is 627 g/mol. The summed E-state index contributed by atoms with van der Waals surface area (Å²) in [4.78, 5) is 2.29. The van der Waals surface area contributed by atoms with Crippen molar-refractivity contribution in [2.75, 3.05) is 4.90 Å². The summed E-state index contributed by atoms with van der Waals surface area (Å²) in [5.74, 6) is 0. The molecule has 2 heterocycles. The summed E-state index contributed by atoms with van der Waals surface area (Å²) in [6.45, 7) is 0. The fourth-order valence-corrected chi connectivity index (χ4v) is 7.49. The molecule has 0 saturated heterocycles. The maximum atomic E-state index is 6.57. The Hall–Kier alpha value is -6.58. The number of hydrogen-bond acceptors (Lipinski definition) is 2. The molecule has 0 N–H and O–H groups in total. The number of benzene rings is 8. The Balaban J connectivity index is 1.12. The van der Waals surface area contributed by atoms with Crippen molar-refractivity contribution in [2.45, 2.75) is 0 Å². The zero-order chi connectivity index (χ0) is 32.3. The lowest BCUT2D eigenvalue weighted by molar-refractivity contribution is 0.669. The third-order valence-electron chi connectivity index (χ3n) is 9.76. The topological polar surface area (TPSA) is 21.3 Å². The third-order valence-corrected chi connectivity index (χ3v) is 9.76. The molecule has 3 heteroatoms. The van der Waals surface area contributed by atoms with Gasteiger partial charge in [-0.1, -0.05) is 115 Å². The Morgan fingerprint density at radius 1 is 0.388 bits per heavy atom. The molecule has 0 bridgehead atoms. The first-order valence-corrected chi connectivity index (χ1v) is 16.7. The van der Waals surface area contributed by atoms with Crippen molar-refractivity contribution in [3.63, 3.8) is 0 Å². The number of fused-ring (bicyclic) bond motifs is 8. The highest BCUT2D eigenvalue weighted by Crippen LogP contribution is 2.41. The summed E-state index contributed by atoms with van der Waals surface area (Å²) in [7, 11) is 0. The maximum absolute atomic E-state index is 6.57. The molecule has 0 aliphatic carbocycles. The lowest BCUT2D eigenvalue weighted by atomic mass is 10.0. The van der Waals surface area contributed by atoms with E-state index < -0.39 is 0 Å². The first-order valence-electron chi connectivity index (χ1n) is 16.7. The van der Waals surface area contributed by atoms with Crippen LogP contribution in [-0.4, -0.2) is 4.57 Å². The smallest absolute Gasteiger partial charge is 0.137 e. The van der Waals surface area contributed by atoms with Gasteiger partial charge < -0.3 is 13.9 Å². The van der Waals surface area contributed by atoms with Gasteiger partial charge in [-0.15, -0.1) is 0 Å². The van der Waals surface area contributed by atoms with Crippen LogP contribution in [0.1, 0.15) is 0 Å². The molecule has 0 saturated carbocycles. The summed E-state index contributed by atoms with van der Waals surface area (Å²) < 4.78 is 8.99. The van der Waals surface area contributed by atoms with Crippen LogP contribution in [0.4, 0.5) is 17.1 Å². The van der Waals surface area contributed by atoms with Crippen molar-refractivity contribution in [1.29, 1.82) is 0 Å². The van der Waals surface area contributed by atoms with Crippen LogP contribution < -0.4 is 4.90 Å². The van der Waals surface area contributed by atoms with Crippen LogP contribution in [0.2, 0.25) is 0 Å². The van der Waals surface area contributed by atoms with E-state index in [0.29, 0.717) is 0 Å². The van der Waals surface area contributed by atoms with Gasteiger partial charge in [0.15, 0.2) is 0 Å². The van der Waals surface area contributed by atoms with Crippen molar-refractivity contribution in [1.82, 2.24) is 4.57 Å². The summed E-state index contributed by atoms with van der Waals surface area (Å²) in [5.41, 5.74) is 10.9. The van der Waals surface area contributed by atoms with E-state index in [-0.39, 0.29) is 0 Å². The molecule has 230 valence electrons. The third kappa shape index (κ3) is 4.44. The first kappa shape index (κ1) is 27.5. The zero-order valence-electron chi connectivity index (χ0n) is 26.6. The van der Waals surface area contributed by atoms with Crippen LogP contribution in [0.15, 0.2) is 186 Å². The molecule has 0 aliphatic heterocycles. The largest absolute Gasteiger partial charge is 0.456 e. The van der Waals surface area contributed by atoms with Gasteiger partial charge in [0.1, 0.15) is 11.2 Å². The number of anilines is 3. The number of para-hydroxylation sites is 2. The van der Waals surface area contributed by atoms with Crippen molar-refractivity contribution >= 4 is 71.6 Å². The normalized spacial score (nSPS) is 11.7. The van der Waals surface area contributed by atoms with Crippen LogP contribution in [0, 0.1) is 0 Å². The summed E-state index contributed by atoms with van der Waals surface area (Å²) >= 11 is 0. The lowest BCUT2D eigenvalue weighted by Crippen LogP contribution is -2.09. The van der Waals surface area contributed by atoms with Crippen molar-refractivity contribution in [3.05, 3.63) is 182 Å². The SMILES string of the molecule is c1ccc(-c2ccc(N(c3ccccc3)c3ccc4c(c3)oc3ccc(-n5c6ccccc6c6ccc7ccccc7c65)cc34)cc2)cc1. The van der Waals surface area contributed by atoms with Gasteiger partial charge in [-0.25, -0.2) is 0 Å². The Labute approximate surface area is 283 Å². The molecule has 3 nitrogen and oxygen atoms in total. The van der Waals surface area contributed by atoms with Gasteiger partial charge in [0.05, 0.1) is 11.0 Å². The number of aromatic nitrogens is 1. The minimum Gasteiger partial charge on any atom is -0.456 e. The summed E-state index contributed by atoms with van der Waals surface area (Å²) in [6.07, 6.45) is 0. The van der Waals surface area contributed by atoms with Crippen molar-refractivity contribution in [2.24, 2.45) is 0 Å². The Morgan fingerprint density at radius 2 is 1.04 bits per heavy atom. The van der Waals surface area contributed by atoms with E-state index >= 15 is 0 Å². The van der Waals surface area contributed by atoms with E-state index in [1.54, 1.807) is 0 Å². The minimum absolute atomic E-state index is 0.860. The van der Waals surface area contributed by atoms with Crippen LogP contribution in [0.25, 0.3) is 71.3 Å². The van der Waals surface area contributed by atoms with Gasteiger partial charge in [0.25, 0.3) is 0 Å². The molecule has 10 aromatic rings. The van der Waals surface area contributed by atoms with Gasteiger partial charge in [0.2, 0.25) is 0 Å². The Kier molecular flexibility index (Phi) is 6.18. The van der Waals surface area contributed by atoms with E-state index in [1.807, 2.05) is 0 Å². The second-order valence-corrected chi connectivity index (χ2v) is 12.6. The summed E-state index contributed by atoms with van der Waals surface area (Å²) in [6, 6.07) is 64.8. The predicted molar refractivity (Wildman–Crippen MR) is 206 cm³/mol. The molecule has 2 aromatic heterocycles. The molecule has 8 aromatic carbocycles. The molecule has 10 rings (SSSR count). The Morgan fingerprint density at radius 3 is 1.88 bits per heavy atom. The quantitative estimate of drug-likeness (QED) is 0.190. The fraction of sp³-hybridized carbons (Fsp3) is 0. The van der Waals surface area contributed by atoms with Crippen LogP contribution >= 0.6 is 0 Å². The number of rotatable bonds is 5. The van der Waals surface area contributed by atoms with E-state index in [4.69, 9.17) is 4.42 Å². The molecule has 49 heavy (non-hydrogen) atoms. The molecule has 0 unspecified atom stereocenters. The number of furan rings is 1. The second-order valence-electron chi connectivity index (χ2n) is 12.6. The van der Waals surface area contributed by atoms with Gasteiger partial charge >= 0.3 is 0 Å². The number of nitrogens with zero attached hydrogens (tertiary/aromatic N) is 2. The highest BCUT2D eigenvalue weighted by molar-refractivity contribution is 6.19. The molecule has 0 amide bonds. The molecular formula is C46H30N2O. The second kappa shape index (κ2) is 11.0. The molecule has 0 spiro atoms. The van der Waals surface area contributed by atoms with E-state index in [0.717, 1.165) is 44.7 Å². The minimum atomic E-state index is 0.860. The molecule has 0 fully saturated rings. The zero-order valence-corrected chi connectivity index (χ0v) is 26.6. The van der Waals surface area contributed by atoms with Gasteiger partial charge in [-0.2, -0.15) is 0 Å². The standard InChI is InChI=1S/C46H30N2O/c1-3-11-31(12-4-1)32-19-22-35(23-20-32)47(34-14-5-2-6-15-34)37-24-27-40-42-29-36(25-28-44(42)49-45(40)30-37)48-43-18-10-9-17-39(43)41-26-21-33-13-7-8-16-38(33)46(41)48/h1-30H. The average Bonchev–Trinajstić information content (AvgIpc) is 3.71. The van der Waals surface area contributed by atoms with Gasteiger partial charge in [0, 0.05) is 55.7 Å². The molecule has 0 aliphatic rings. The molecule has 0 radical (unpaired) electrons. The molecule has 0 atom stereocenters. The Bertz CT molecular complexity index is 2810. The first-order chi connectivity index (χ1) is 24.3. The van der Waals surface area contributed by atoms with E-state index in [2.05, 4.69) is 191 Å². The van der Waals surface area contributed by atoms with E-state index in [1.165, 1.54) is 43.7 Å². The van der Waals surface area contributed by atoms with Crippen LogP contribution in [-0.2, 0) is 0 Å². The molecular weight excluding hydrogens is 597 g/mol. The lowest BCUT2D eigenvalue weighted by Gasteiger charge is -2.25. The highest BCUT2D eigenvalue weighted by Gasteiger charge is 2.18. The summed E-state index contributed by atoms with van der Waals surface area (Å²) in [5, 5.41) is 7.19. The fourth-order valence-electron chi connectivity index (χ4n) is 7.49. The van der Waals surface area contributed by atoms with Crippen LogP contribution in [0.5, 0.6) is 0 Å². The van der Waals surface area contributed by atoms with Gasteiger partial charge in [-0.3, -0.25) is 0 Å². The predicted octanol–water partition coefficient (Wildman–Crippen LogP) is 13.0. The maximum Gasteiger partial charge on any atom is 0.137 e. The van der Waals surface area contributed by atoms with Gasteiger partial charge in [-0.05, 0) is 77.2 Å². The van der Waals surface area contributed by atoms with Crippen LogP contribution in [0.3, 0.4) is 0 Å². The highest BCUT2D eigenvalue weighted by atomic mass is 16.3. The monoisotopic (exact) mass is 626 g/mol.